The Labute approximate surface area is 111 Å². The summed E-state index contributed by atoms with van der Waals surface area (Å²) >= 11 is 0. The first-order valence-corrected chi connectivity index (χ1v) is 7.18. The fourth-order valence-corrected chi connectivity index (χ4v) is 2.78. The maximum absolute atomic E-state index is 3.47. The van der Waals surface area contributed by atoms with E-state index in [9.17, 15) is 0 Å². The molecular formula is C16H26N2. The van der Waals surface area contributed by atoms with Crippen LogP contribution in [-0.4, -0.2) is 20.1 Å². The maximum Gasteiger partial charge on any atom is 0.0320 e. The summed E-state index contributed by atoms with van der Waals surface area (Å²) in [7, 11) is 2.07. The fraction of sp³-hybridized carbons (Fsp3) is 0.625. The van der Waals surface area contributed by atoms with Gasteiger partial charge in [-0.2, -0.15) is 0 Å². The molecule has 2 atom stereocenters. The van der Waals surface area contributed by atoms with Crippen LogP contribution < -0.4 is 10.6 Å². The van der Waals surface area contributed by atoms with Gasteiger partial charge in [0, 0.05) is 6.04 Å². The molecular weight excluding hydrogens is 220 g/mol. The third-order valence-corrected chi connectivity index (χ3v) is 4.09. The molecule has 1 aliphatic rings. The van der Waals surface area contributed by atoms with E-state index in [1.165, 1.54) is 37.1 Å². The zero-order valence-corrected chi connectivity index (χ0v) is 11.9. The molecule has 2 heteroatoms. The normalized spacial score (nSPS) is 21.4. The summed E-state index contributed by atoms with van der Waals surface area (Å²) in [5, 5.41) is 6.92. The van der Waals surface area contributed by atoms with Gasteiger partial charge in [-0.3, -0.25) is 0 Å². The van der Waals surface area contributed by atoms with Crippen molar-refractivity contribution < 1.29 is 0 Å². The topological polar surface area (TPSA) is 24.1 Å². The van der Waals surface area contributed by atoms with Crippen molar-refractivity contribution in [3.05, 3.63) is 35.4 Å². The van der Waals surface area contributed by atoms with E-state index < -0.39 is 0 Å². The van der Waals surface area contributed by atoms with Crippen LogP contribution in [0.15, 0.2) is 24.3 Å². The highest BCUT2D eigenvalue weighted by molar-refractivity contribution is 5.27. The molecule has 2 N–H and O–H groups in total. The highest BCUT2D eigenvalue weighted by atomic mass is 14.9. The summed E-state index contributed by atoms with van der Waals surface area (Å²) in [4.78, 5) is 0. The average Bonchev–Trinajstić information content (AvgIpc) is 2.89. The van der Waals surface area contributed by atoms with Crippen molar-refractivity contribution in [2.75, 3.05) is 20.1 Å². The number of rotatable bonds is 5. The minimum Gasteiger partial charge on any atom is -0.316 e. The van der Waals surface area contributed by atoms with Crippen LogP contribution >= 0.6 is 0 Å². The maximum atomic E-state index is 3.47. The van der Waals surface area contributed by atoms with E-state index in [2.05, 4.69) is 55.8 Å². The molecule has 1 fully saturated rings. The Morgan fingerprint density at radius 2 is 1.89 bits per heavy atom. The molecule has 2 nitrogen and oxygen atoms in total. The molecule has 0 bridgehead atoms. The quantitative estimate of drug-likeness (QED) is 0.834. The second kappa shape index (κ2) is 6.35. The van der Waals surface area contributed by atoms with E-state index >= 15 is 0 Å². The molecule has 1 aromatic carbocycles. The number of hydrogen-bond donors (Lipinski definition) is 2. The van der Waals surface area contributed by atoms with Gasteiger partial charge in [-0.25, -0.2) is 0 Å². The molecule has 100 valence electrons. The highest BCUT2D eigenvalue weighted by Gasteiger charge is 2.19. The van der Waals surface area contributed by atoms with Crippen molar-refractivity contribution in [2.24, 2.45) is 5.92 Å². The lowest BCUT2D eigenvalue weighted by Gasteiger charge is -2.20. The summed E-state index contributed by atoms with van der Waals surface area (Å²) in [6.45, 7) is 6.86. The Kier molecular flexibility index (Phi) is 4.79. The van der Waals surface area contributed by atoms with Crippen LogP contribution in [0.25, 0.3) is 0 Å². The lowest BCUT2D eigenvalue weighted by atomic mass is 9.92. The van der Waals surface area contributed by atoms with Gasteiger partial charge >= 0.3 is 0 Å². The molecule has 0 spiro atoms. The van der Waals surface area contributed by atoms with Gasteiger partial charge in [-0.05, 0) is 55.9 Å². The summed E-state index contributed by atoms with van der Waals surface area (Å²) in [5.41, 5.74) is 2.85. The zero-order valence-electron chi connectivity index (χ0n) is 11.9. The molecule has 2 unspecified atom stereocenters. The van der Waals surface area contributed by atoms with Crippen LogP contribution in [0.5, 0.6) is 0 Å². The monoisotopic (exact) mass is 246 g/mol. The van der Waals surface area contributed by atoms with Crippen LogP contribution in [0, 0.1) is 5.92 Å². The van der Waals surface area contributed by atoms with Gasteiger partial charge in [0.2, 0.25) is 0 Å². The fourth-order valence-electron chi connectivity index (χ4n) is 2.78. The van der Waals surface area contributed by atoms with Gasteiger partial charge in [0.15, 0.2) is 0 Å². The lowest BCUT2D eigenvalue weighted by Crippen LogP contribution is -2.21. The molecule has 1 saturated heterocycles. The molecule has 2 rings (SSSR count). The minimum atomic E-state index is 0.496. The first-order chi connectivity index (χ1) is 8.70. The lowest BCUT2D eigenvalue weighted by molar-refractivity contribution is 0.430. The number of hydrogen-bond acceptors (Lipinski definition) is 2. The van der Waals surface area contributed by atoms with Crippen molar-refractivity contribution in [3.63, 3.8) is 0 Å². The van der Waals surface area contributed by atoms with Crippen molar-refractivity contribution in [1.29, 1.82) is 0 Å². The second-order valence-corrected chi connectivity index (χ2v) is 5.76. The largest absolute Gasteiger partial charge is 0.316 e. The first-order valence-electron chi connectivity index (χ1n) is 7.18. The summed E-state index contributed by atoms with van der Waals surface area (Å²) < 4.78 is 0. The Morgan fingerprint density at radius 3 is 2.39 bits per heavy atom. The van der Waals surface area contributed by atoms with Crippen LogP contribution in [0.1, 0.15) is 49.8 Å². The number of nitrogens with one attached hydrogen (secondary N) is 2. The molecule has 1 aliphatic heterocycles. The first kappa shape index (κ1) is 13.6. The third-order valence-electron chi connectivity index (χ3n) is 4.09. The SMILES string of the molecule is CNC(CC1CCNC1)c1ccc(C(C)C)cc1. The summed E-state index contributed by atoms with van der Waals surface area (Å²) in [5.74, 6) is 1.44. The van der Waals surface area contributed by atoms with Crippen molar-refractivity contribution in [2.45, 2.75) is 38.6 Å². The molecule has 0 aromatic heterocycles. The van der Waals surface area contributed by atoms with Gasteiger partial charge in [0.05, 0.1) is 0 Å². The van der Waals surface area contributed by atoms with Crippen molar-refractivity contribution in [1.82, 2.24) is 10.6 Å². The predicted molar refractivity (Wildman–Crippen MR) is 77.9 cm³/mol. The molecule has 0 radical (unpaired) electrons. The van der Waals surface area contributed by atoms with Gasteiger partial charge in [0.25, 0.3) is 0 Å². The van der Waals surface area contributed by atoms with Crippen LogP contribution in [0.3, 0.4) is 0 Å². The van der Waals surface area contributed by atoms with E-state index in [-0.39, 0.29) is 0 Å². The second-order valence-electron chi connectivity index (χ2n) is 5.76. The van der Waals surface area contributed by atoms with Gasteiger partial charge in [0.1, 0.15) is 0 Å². The van der Waals surface area contributed by atoms with E-state index in [0.29, 0.717) is 12.0 Å². The number of benzene rings is 1. The Hall–Kier alpha value is -0.860. The Bertz CT molecular complexity index is 350. The molecule has 1 aromatic rings. The van der Waals surface area contributed by atoms with E-state index in [0.717, 1.165) is 5.92 Å². The molecule has 0 aliphatic carbocycles. The van der Waals surface area contributed by atoms with Gasteiger partial charge in [-0.1, -0.05) is 38.1 Å². The van der Waals surface area contributed by atoms with E-state index in [1.54, 1.807) is 0 Å². The molecule has 18 heavy (non-hydrogen) atoms. The molecule has 0 amide bonds. The highest BCUT2D eigenvalue weighted by Crippen LogP contribution is 2.25. The Balaban J connectivity index is 2.02. The predicted octanol–water partition coefficient (Wildman–Crippen LogP) is 3.07. The summed E-state index contributed by atoms with van der Waals surface area (Å²) in [6, 6.07) is 9.63. The smallest absolute Gasteiger partial charge is 0.0320 e. The van der Waals surface area contributed by atoms with E-state index in [4.69, 9.17) is 0 Å². The standard InChI is InChI=1S/C16H26N2/c1-12(2)14-4-6-15(7-5-14)16(17-3)10-13-8-9-18-11-13/h4-7,12-13,16-18H,8-11H2,1-3H3. The van der Waals surface area contributed by atoms with Crippen molar-refractivity contribution >= 4 is 0 Å². The molecule has 1 heterocycles. The van der Waals surface area contributed by atoms with Crippen molar-refractivity contribution in [3.8, 4) is 0 Å². The third kappa shape index (κ3) is 3.33. The van der Waals surface area contributed by atoms with E-state index in [1.807, 2.05) is 0 Å². The minimum absolute atomic E-state index is 0.496. The van der Waals surface area contributed by atoms with Crippen LogP contribution in [0.2, 0.25) is 0 Å². The van der Waals surface area contributed by atoms with Gasteiger partial charge in [-0.15, -0.1) is 0 Å². The Morgan fingerprint density at radius 1 is 1.22 bits per heavy atom. The molecule has 0 saturated carbocycles. The zero-order chi connectivity index (χ0) is 13.0. The van der Waals surface area contributed by atoms with Gasteiger partial charge < -0.3 is 10.6 Å². The summed E-state index contributed by atoms with van der Waals surface area (Å²) in [6.07, 6.45) is 2.56. The average molecular weight is 246 g/mol. The van der Waals surface area contributed by atoms with Crippen LogP contribution in [-0.2, 0) is 0 Å². The van der Waals surface area contributed by atoms with Crippen LogP contribution in [0.4, 0.5) is 0 Å².